The van der Waals surface area contributed by atoms with Crippen LogP contribution in [-0.2, 0) is 15.0 Å². The molecule has 0 spiro atoms. The van der Waals surface area contributed by atoms with Crippen molar-refractivity contribution < 1.29 is 14.0 Å². The Kier molecular flexibility index (Phi) is 2.12. The third-order valence-corrected chi connectivity index (χ3v) is 3.29. The molecule has 1 amide bonds. The maximum Gasteiger partial charge on any atom is 0.244 e. The molecule has 0 aliphatic carbocycles. The average molecular weight is 221 g/mol. The standard InChI is InChI=1S/C12H12FNO2/c1-7(15)12(2)10-8(13)5-4-6-9(10)14(3)11(12)16/h4-6H,1-3H3. The van der Waals surface area contributed by atoms with Gasteiger partial charge in [0, 0.05) is 12.6 Å². The Morgan fingerprint density at radius 2 is 2.06 bits per heavy atom. The summed E-state index contributed by atoms with van der Waals surface area (Å²) in [5, 5.41) is 0. The van der Waals surface area contributed by atoms with Gasteiger partial charge in [0.05, 0.1) is 5.69 Å². The lowest BCUT2D eigenvalue weighted by Gasteiger charge is -2.19. The van der Waals surface area contributed by atoms with Crippen molar-refractivity contribution in [2.24, 2.45) is 0 Å². The number of hydrogen-bond acceptors (Lipinski definition) is 2. The molecule has 1 heterocycles. The normalized spacial score (nSPS) is 23.5. The Morgan fingerprint density at radius 1 is 1.44 bits per heavy atom. The van der Waals surface area contributed by atoms with Gasteiger partial charge in [-0.3, -0.25) is 9.59 Å². The van der Waals surface area contributed by atoms with Crippen molar-refractivity contribution >= 4 is 17.4 Å². The summed E-state index contributed by atoms with van der Waals surface area (Å²) >= 11 is 0. The number of carbonyl (C=O) groups excluding carboxylic acids is 2. The van der Waals surface area contributed by atoms with E-state index in [1.54, 1.807) is 13.1 Å². The first-order valence-electron chi connectivity index (χ1n) is 4.99. The molecular formula is C12H12FNO2. The van der Waals surface area contributed by atoms with Crippen molar-refractivity contribution in [2.75, 3.05) is 11.9 Å². The van der Waals surface area contributed by atoms with Crippen LogP contribution >= 0.6 is 0 Å². The van der Waals surface area contributed by atoms with Gasteiger partial charge < -0.3 is 4.90 Å². The van der Waals surface area contributed by atoms with Gasteiger partial charge in [0.2, 0.25) is 5.91 Å². The van der Waals surface area contributed by atoms with E-state index in [4.69, 9.17) is 0 Å². The maximum absolute atomic E-state index is 13.8. The lowest BCUT2D eigenvalue weighted by molar-refractivity contribution is -0.132. The molecule has 3 nitrogen and oxygen atoms in total. The lowest BCUT2D eigenvalue weighted by atomic mass is 9.80. The number of carbonyl (C=O) groups is 2. The van der Waals surface area contributed by atoms with E-state index in [9.17, 15) is 14.0 Å². The molecule has 1 unspecified atom stereocenters. The highest BCUT2D eigenvalue weighted by Crippen LogP contribution is 2.42. The summed E-state index contributed by atoms with van der Waals surface area (Å²) in [6.07, 6.45) is 0. The second-order valence-electron chi connectivity index (χ2n) is 4.18. The van der Waals surface area contributed by atoms with E-state index in [1.807, 2.05) is 0 Å². The highest BCUT2D eigenvalue weighted by atomic mass is 19.1. The quantitative estimate of drug-likeness (QED) is 0.676. The SMILES string of the molecule is CC(=O)C1(C)C(=O)N(C)c2cccc(F)c21. The Morgan fingerprint density at radius 3 is 2.62 bits per heavy atom. The van der Waals surface area contributed by atoms with Crippen molar-refractivity contribution in [3.05, 3.63) is 29.6 Å². The zero-order valence-electron chi connectivity index (χ0n) is 9.37. The third kappa shape index (κ3) is 1.07. The van der Waals surface area contributed by atoms with Gasteiger partial charge in [-0.2, -0.15) is 0 Å². The highest BCUT2D eigenvalue weighted by molar-refractivity contribution is 6.21. The fourth-order valence-corrected chi connectivity index (χ4v) is 2.17. The molecule has 0 bridgehead atoms. The van der Waals surface area contributed by atoms with E-state index in [0.29, 0.717) is 5.69 Å². The van der Waals surface area contributed by atoms with Crippen LogP contribution in [-0.4, -0.2) is 18.7 Å². The minimum Gasteiger partial charge on any atom is -0.314 e. The van der Waals surface area contributed by atoms with E-state index in [1.165, 1.54) is 30.9 Å². The van der Waals surface area contributed by atoms with Crippen LogP contribution in [0.3, 0.4) is 0 Å². The van der Waals surface area contributed by atoms with Crippen molar-refractivity contribution in [3.63, 3.8) is 0 Å². The van der Waals surface area contributed by atoms with Crippen molar-refractivity contribution in [3.8, 4) is 0 Å². The van der Waals surface area contributed by atoms with Gasteiger partial charge in [-0.25, -0.2) is 4.39 Å². The molecule has 0 saturated carbocycles. The Labute approximate surface area is 92.9 Å². The molecular weight excluding hydrogens is 209 g/mol. The van der Waals surface area contributed by atoms with E-state index in [0.717, 1.165) is 0 Å². The molecule has 16 heavy (non-hydrogen) atoms. The van der Waals surface area contributed by atoms with Gasteiger partial charge in [0.25, 0.3) is 0 Å². The number of anilines is 1. The molecule has 0 saturated heterocycles. The largest absolute Gasteiger partial charge is 0.314 e. The topological polar surface area (TPSA) is 37.4 Å². The molecule has 2 rings (SSSR count). The molecule has 1 aliphatic heterocycles. The first kappa shape index (κ1) is 10.8. The third-order valence-electron chi connectivity index (χ3n) is 3.29. The van der Waals surface area contributed by atoms with Crippen LogP contribution in [0.2, 0.25) is 0 Å². The van der Waals surface area contributed by atoms with E-state index < -0.39 is 11.2 Å². The maximum atomic E-state index is 13.8. The Bertz CT molecular complexity index is 498. The number of likely N-dealkylation sites (N-methyl/N-ethyl adjacent to an activating group) is 1. The summed E-state index contributed by atoms with van der Waals surface area (Å²) < 4.78 is 13.8. The summed E-state index contributed by atoms with van der Waals surface area (Å²) in [6.45, 7) is 2.79. The summed E-state index contributed by atoms with van der Waals surface area (Å²) in [7, 11) is 1.55. The number of Topliss-reactive ketones (excluding diaryl/α,β-unsaturated/α-hetero) is 1. The molecule has 1 aromatic rings. The number of halogens is 1. The molecule has 84 valence electrons. The molecule has 0 aromatic heterocycles. The zero-order valence-corrected chi connectivity index (χ0v) is 9.37. The van der Waals surface area contributed by atoms with Crippen LogP contribution in [0.1, 0.15) is 19.4 Å². The molecule has 4 heteroatoms. The number of rotatable bonds is 1. The van der Waals surface area contributed by atoms with Crippen molar-refractivity contribution in [1.29, 1.82) is 0 Å². The summed E-state index contributed by atoms with van der Waals surface area (Å²) in [6, 6.07) is 4.45. The number of hydrogen-bond donors (Lipinski definition) is 0. The monoisotopic (exact) mass is 221 g/mol. The minimum absolute atomic E-state index is 0.190. The second-order valence-corrected chi connectivity index (χ2v) is 4.18. The predicted molar refractivity (Wildman–Crippen MR) is 57.8 cm³/mol. The van der Waals surface area contributed by atoms with Crippen LogP contribution in [0.4, 0.5) is 10.1 Å². The van der Waals surface area contributed by atoms with Crippen LogP contribution in [0.5, 0.6) is 0 Å². The van der Waals surface area contributed by atoms with Crippen LogP contribution < -0.4 is 4.90 Å². The van der Waals surface area contributed by atoms with E-state index in [2.05, 4.69) is 0 Å². The molecule has 1 aromatic carbocycles. The molecule has 0 N–H and O–H groups in total. The van der Waals surface area contributed by atoms with Crippen LogP contribution in [0.15, 0.2) is 18.2 Å². The lowest BCUT2D eigenvalue weighted by Crippen LogP contribution is -2.41. The van der Waals surface area contributed by atoms with Gasteiger partial charge >= 0.3 is 0 Å². The minimum atomic E-state index is -1.38. The highest BCUT2D eigenvalue weighted by Gasteiger charge is 2.51. The van der Waals surface area contributed by atoms with E-state index >= 15 is 0 Å². The number of benzene rings is 1. The van der Waals surface area contributed by atoms with Crippen LogP contribution in [0, 0.1) is 5.82 Å². The fraction of sp³-hybridized carbons (Fsp3) is 0.333. The smallest absolute Gasteiger partial charge is 0.244 e. The van der Waals surface area contributed by atoms with E-state index in [-0.39, 0.29) is 17.3 Å². The predicted octanol–water partition coefficient (Wildman–Crippen LogP) is 1.65. The fourth-order valence-electron chi connectivity index (χ4n) is 2.17. The van der Waals surface area contributed by atoms with Gasteiger partial charge in [0.1, 0.15) is 17.0 Å². The second kappa shape index (κ2) is 3.14. The number of nitrogens with zero attached hydrogens (tertiary/aromatic N) is 1. The van der Waals surface area contributed by atoms with Crippen molar-refractivity contribution in [1.82, 2.24) is 0 Å². The summed E-state index contributed by atoms with van der Waals surface area (Å²) in [4.78, 5) is 25.0. The molecule has 0 radical (unpaired) electrons. The Hall–Kier alpha value is -1.71. The number of fused-ring (bicyclic) bond motifs is 1. The average Bonchev–Trinajstić information content (AvgIpc) is 2.43. The first-order valence-corrected chi connectivity index (χ1v) is 4.99. The Balaban J connectivity index is 2.80. The summed E-state index contributed by atoms with van der Waals surface area (Å²) in [5.74, 6) is -1.22. The number of ketones is 1. The summed E-state index contributed by atoms with van der Waals surface area (Å²) in [5.41, 5.74) is -0.715. The molecule has 1 aliphatic rings. The zero-order chi connectivity index (χ0) is 12.1. The first-order chi connectivity index (χ1) is 7.40. The van der Waals surface area contributed by atoms with Gasteiger partial charge in [-0.05, 0) is 26.0 Å². The van der Waals surface area contributed by atoms with Gasteiger partial charge in [-0.1, -0.05) is 6.07 Å². The van der Waals surface area contributed by atoms with Gasteiger partial charge in [-0.15, -0.1) is 0 Å². The van der Waals surface area contributed by atoms with Crippen LogP contribution in [0.25, 0.3) is 0 Å². The van der Waals surface area contributed by atoms with Crippen molar-refractivity contribution in [2.45, 2.75) is 19.3 Å². The van der Waals surface area contributed by atoms with Gasteiger partial charge in [0.15, 0.2) is 0 Å². The number of amides is 1. The molecule has 1 atom stereocenters. The molecule has 0 fully saturated rings.